The maximum Gasteiger partial charge on any atom is 4.00 e. The molecule has 39 heavy (non-hydrogen) atoms. The van der Waals surface area contributed by atoms with Gasteiger partial charge in [-0.3, -0.25) is 0 Å². The Morgan fingerprint density at radius 1 is 0.744 bits per heavy atom. The van der Waals surface area contributed by atoms with Crippen LogP contribution in [0, 0.1) is 23.8 Å². The quantitative estimate of drug-likeness (QED) is 0.192. The number of hydrogen-bond acceptors (Lipinski definition) is 1. The van der Waals surface area contributed by atoms with E-state index in [4.69, 9.17) is 5.73 Å². The summed E-state index contributed by atoms with van der Waals surface area (Å²) in [6.07, 6.45) is 5.82. The Bertz CT molecular complexity index is 1220. The van der Waals surface area contributed by atoms with Crippen LogP contribution in [0.5, 0.6) is 0 Å². The summed E-state index contributed by atoms with van der Waals surface area (Å²) in [7, 11) is 0.271. The zero-order valence-corrected chi connectivity index (χ0v) is 28.1. The van der Waals surface area contributed by atoms with Gasteiger partial charge >= 0.3 is 25.8 Å². The van der Waals surface area contributed by atoms with E-state index in [9.17, 15) is 4.79 Å². The molecule has 2 nitrogen and oxygen atoms in total. The van der Waals surface area contributed by atoms with Gasteiger partial charge in [-0.2, -0.15) is 29.8 Å². The van der Waals surface area contributed by atoms with Gasteiger partial charge in [-0.25, -0.2) is 0 Å². The minimum absolute atomic E-state index is 0. The van der Waals surface area contributed by atoms with E-state index in [0.717, 1.165) is 18.8 Å². The van der Waals surface area contributed by atoms with Crippen molar-refractivity contribution in [2.75, 3.05) is 0 Å². The summed E-state index contributed by atoms with van der Waals surface area (Å²) >= 11 is 0. The zero-order chi connectivity index (χ0) is 24.7. The Hall–Kier alpha value is -1.98. The molecule has 197 valence electrons. The molecule has 3 aliphatic rings. The minimum Gasteiger partial charge on any atom is -1.00 e. The van der Waals surface area contributed by atoms with Crippen molar-refractivity contribution in [3.8, 4) is 11.1 Å². The van der Waals surface area contributed by atoms with Gasteiger partial charge in [0.1, 0.15) is 9.52 Å². The molecule has 1 radical (unpaired) electrons. The topological polar surface area (TPSA) is 40.9 Å². The normalized spacial score (nSPS) is 18.7. The first kappa shape index (κ1) is 33.2. The summed E-state index contributed by atoms with van der Waals surface area (Å²) < 4.78 is 0. The molecule has 0 heterocycles. The van der Waals surface area contributed by atoms with Crippen LogP contribution in [0.3, 0.4) is 0 Å². The molecule has 2 saturated carbocycles. The number of fused-ring (bicyclic) bond motifs is 5. The van der Waals surface area contributed by atoms with Crippen molar-refractivity contribution in [2.45, 2.75) is 32.1 Å². The Morgan fingerprint density at radius 2 is 1.33 bits per heavy atom. The van der Waals surface area contributed by atoms with E-state index < -0.39 is 0 Å². The van der Waals surface area contributed by atoms with Gasteiger partial charge in [0.15, 0.2) is 0 Å². The standard InChI is InChI=1S/C13H9.C12H11Si.C8H13NO.2ClH.Hf/c1-3-7-12-10(5-1)9-11-6-2-4-8-13(11)12;1-3-7-11(8-4-1)13-12-9-5-2-6-10-12;9-8(10)7-4-5-1-2-6(7)3-5;;;/h1-5,7-8H,9H2;1-10,13H;5-7H,1-4H2,(H2,9,10);2*1H;/q-1;;;;;+4/p-3. The van der Waals surface area contributed by atoms with Gasteiger partial charge in [0.2, 0.25) is 0 Å². The van der Waals surface area contributed by atoms with Gasteiger partial charge in [0.05, 0.1) is 5.91 Å². The maximum atomic E-state index is 10.7. The largest absolute Gasteiger partial charge is 4.00 e. The Kier molecular flexibility index (Phi) is 13.9. The average molecular weight is 736 g/mol. The molecule has 0 aliphatic heterocycles. The van der Waals surface area contributed by atoms with Gasteiger partial charge < -0.3 is 35.3 Å². The molecule has 0 saturated heterocycles. The third-order valence-corrected chi connectivity index (χ3v) is 9.06. The summed E-state index contributed by atoms with van der Waals surface area (Å²) in [5.74, 6) is 1.20. The van der Waals surface area contributed by atoms with Crippen LogP contribution in [-0.4, -0.2) is 15.4 Å². The van der Waals surface area contributed by atoms with E-state index in [-0.39, 0.29) is 72.0 Å². The number of rotatable bonds is 3. The van der Waals surface area contributed by atoms with Crippen LogP contribution in [0.2, 0.25) is 0 Å². The van der Waals surface area contributed by atoms with E-state index in [0.29, 0.717) is 5.92 Å². The molecule has 3 atom stereocenters. The van der Waals surface area contributed by atoms with Crippen LogP contribution >= 0.6 is 0 Å². The van der Waals surface area contributed by atoms with E-state index >= 15 is 0 Å². The van der Waals surface area contributed by atoms with Crippen LogP contribution in [0.25, 0.3) is 16.9 Å². The fraction of sp³-hybridized carbons (Fsp3) is 0.242. The van der Waals surface area contributed by atoms with Crippen LogP contribution in [0.15, 0.2) is 103 Å². The zero-order valence-electron chi connectivity index (χ0n) is 21.8. The van der Waals surface area contributed by atoms with Crippen molar-refractivity contribution < 1.29 is 55.5 Å². The molecule has 2 bridgehead atoms. The molecule has 7 rings (SSSR count). The molecule has 4 aromatic carbocycles. The summed E-state index contributed by atoms with van der Waals surface area (Å²) in [4.78, 5) is 10.7. The number of halogens is 2. The second kappa shape index (κ2) is 16.3. The Morgan fingerprint density at radius 3 is 1.87 bits per heavy atom. The van der Waals surface area contributed by atoms with Crippen molar-refractivity contribution >= 4 is 25.8 Å². The Balaban J connectivity index is 0.000000199. The number of amides is 1. The summed E-state index contributed by atoms with van der Waals surface area (Å²) in [6.45, 7) is 0. The summed E-state index contributed by atoms with van der Waals surface area (Å²) in [5.41, 5.74) is 12.5. The predicted octanol–water partition coefficient (Wildman–Crippen LogP) is 0.139. The monoisotopic (exact) mass is 736 g/mol. The summed E-state index contributed by atoms with van der Waals surface area (Å²) in [5, 5.41) is 2.90. The van der Waals surface area contributed by atoms with Gasteiger partial charge in [-0.1, -0.05) is 113 Å². The predicted molar refractivity (Wildman–Crippen MR) is 151 cm³/mol. The van der Waals surface area contributed by atoms with Crippen LogP contribution < -0.4 is 35.2 Å². The molecule has 0 aromatic heterocycles. The SMILES string of the molecule is [Cl-].[Cl-].[Hf+4].[NH-]C(=O)C1CC2CCC1C2.[c-]1cccc2c1Cc1ccccc1-2.c1ccc([SiH]c2ccccc2)cc1. The molecular weight excluding hydrogens is 704 g/mol. The Labute approximate surface area is 266 Å². The minimum atomic E-state index is -0.313. The molecule has 3 aliphatic carbocycles. The van der Waals surface area contributed by atoms with E-state index in [2.05, 4.69) is 103 Å². The van der Waals surface area contributed by atoms with Crippen molar-refractivity contribution in [1.29, 1.82) is 0 Å². The van der Waals surface area contributed by atoms with Crippen LogP contribution in [-0.2, 0) is 37.1 Å². The van der Waals surface area contributed by atoms with Crippen LogP contribution in [0.4, 0.5) is 0 Å². The number of hydrogen-bond donors (Lipinski definition) is 0. The molecule has 4 aromatic rings. The number of carbonyl (C=O) groups excluding carboxylic acids is 1. The molecule has 6 heteroatoms. The number of carbonyl (C=O) groups is 1. The first-order valence-electron chi connectivity index (χ1n) is 13.0. The molecule has 2 fully saturated rings. The first-order valence-corrected chi connectivity index (χ1v) is 14.1. The fourth-order valence-electron chi connectivity index (χ4n) is 5.85. The number of nitrogens with one attached hydrogen (secondary N) is 1. The first-order chi connectivity index (χ1) is 17.7. The van der Waals surface area contributed by atoms with Gasteiger partial charge in [-0.15, -0.1) is 5.56 Å². The smallest absolute Gasteiger partial charge is 1.00 e. The van der Waals surface area contributed by atoms with Crippen molar-refractivity contribution in [3.05, 3.63) is 126 Å². The second-order valence-corrected chi connectivity index (χ2v) is 11.6. The van der Waals surface area contributed by atoms with Gasteiger partial charge in [0.25, 0.3) is 0 Å². The van der Waals surface area contributed by atoms with E-state index in [1.807, 2.05) is 6.07 Å². The van der Waals surface area contributed by atoms with Crippen molar-refractivity contribution in [3.63, 3.8) is 0 Å². The van der Waals surface area contributed by atoms with E-state index in [1.54, 1.807) is 0 Å². The van der Waals surface area contributed by atoms with Gasteiger partial charge in [-0.05, 0) is 37.5 Å². The molecule has 3 unspecified atom stereocenters. The fourth-order valence-corrected chi connectivity index (χ4v) is 7.07. The number of benzene rings is 4. The third kappa shape index (κ3) is 8.75. The molecule has 0 spiro atoms. The third-order valence-electron chi connectivity index (χ3n) is 7.62. The summed E-state index contributed by atoms with van der Waals surface area (Å²) in [6, 6.07) is 39.4. The molecule has 1 N–H and O–H groups in total. The molecule has 1 amide bonds. The van der Waals surface area contributed by atoms with Crippen molar-refractivity contribution in [2.24, 2.45) is 17.8 Å². The maximum absolute atomic E-state index is 10.7. The second-order valence-electron chi connectivity index (χ2n) is 10.0. The van der Waals surface area contributed by atoms with E-state index in [1.165, 1.54) is 51.9 Å². The van der Waals surface area contributed by atoms with Gasteiger partial charge in [0, 0.05) is 5.92 Å². The molecular formula is C33H32Cl2HfNOSi. The van der Waals surface area contributed by atoms with Crippen molar-refractivity contribution in [1.82, 2.24) is 0 Å². The average Bonchev–Trinajstić information content (AvgIpc) is 3.65. The van der Waals surface area contributed by atoms with Crippen LogP contribution in [0.1, 0.15) is 36.8 Å².